The number of aliphatic hydroxyl groups excluding tert-OH is 1. The van der Waals surface area contributed by atoms with E-state index in [1.54, 1.807) is 19.2 Å². The van der Waals surface area contributed by atoms with Gasteiger partial charge in [-0.3, -0.25) is 0 Å². The molecule has 14 heavy (non-hydrogen) atoms. The second kappa shape index (κ2) is 3.48. The fraction of sp³-hybridized carbons (Fsp3) is 0.400. The normalized spacial score (nSPS) is 25.1. The third kappa shape index (κ3) is 1.42. The Hall–Kier alpha value is -1.26. The molecule has 0 saturated carbocycles. The highest BCUT2D eigenvalue weighted by molar-refractivity contribution is 5.43. The lowest BCUT2D eigenvalue weighted by Gasteiger charge is -2.27. The number of fused-ring (bicyclic) bond motifs is 1. The van der Waals surface area contributed by atoms with Crippen LogP contribution in [0, 0.1) is 0 Å². The van der Waals surface area contributed by atoms with Crippen LogP contribution in [0.4, 0.5) is 0 Å². The lowest BCUT2D eigenvalue weighted by Crippen LogP contribution is -2.35. The molecule has 2 rings (SSSR count). The summed E-state index contributed by atoms with van der Waals surface area (Å²) in [5.74, 6) is 1.44. The molecule has 4 nitrogen and oxygen atoms in total. The minimum absolute atomic E-state index is 0.250. The van der Waals surface area contributed by atoms with Crippen molar-refractivity contribution in [3.05, 3.63) is 23.8 Å². The third-order valence-corrected chi connectivity index (χ3v) is 2.40. The molecule has 2 atom stereocenters. The summed E-state index contributed by atoms with van der Waals surface area (Å²) in [5, 5.41) is 9.50. The molecule has 1 aromatic rings. The van der Waals surface area contributed by atoms with E-state index in [0.717, 1.165) is 17.1 Å². The van der Waals surface area contributed by atoms with Crippen LogP contribution < -0.4 is 15.2 Å². The number of ether oxygens (including phenoxy) is 2. The number of nitrogens with two attached hydrogens (primary N) is 1. The molecule has 0 radical (unpaired) electrons. The molecule has 0 fully saturated rings. The van der Waals surface area contributed by atoms with Gasteiger partial charge in [0.15, 0.2) is 0 Å². The van der Waals surface area contributed by atoms with Gasteiger partial charge in [-0.25, -0.2) is 0 Å². The van der Waals surface area contributed by atoms with Crippen molar-refractivity contribution in [3.8, 4) is 11.5 Å². The standard InChI is InChI=1S/C10H13NO3/c1-13-6-2-3-9-7(4-6)10(11)8(12)5-14-9/h2-4,8,10,12H,5,11H2,1H3/t8-,10+/m1/s1. The van der Waals surface area contributed by atoms with Crippen molar-refractivity contribution in [2.75, 3.05) is 13.7 Å². The topological polar surface area (TPSA) is 64.7 Å². The summed E-state index contributed by atoms with van der Waals surface area (Å²) in [6.45, 7) is 0.250. The van der Waals surface area contributed by atoms with Crippen LogP contribution in [0.15, 0.2) is 18.2 Å². The van der Waals surface area contributed by atoms with Crippen LogP contribution in [0.3, 0.4) is 0 Å². The zero-order valence-corrected chi connectivity index (χ0v) is 7.93. The summed E-state index contributed by atoms with van der Waals surface area (Å²) in [6, 6.07) is 5.01. The molecule has 0 unspecified atom stereocenters. The summed E-state index contributed by atoms with van der Waals surface area (Å²) in [5.41, 5.74) is 6.62. The van der Waals surface area contributed by atoms with Crippen LogP contribution >= 0.6 is 0 Å². The monoisotopic (exact) mass is 195 g/mol. The van der Waals surface area contributed by atoms with Crippen molar-refractivity contribution >= 4 is 0 Å². The van der Waals surface area contributed by atoms with E-state index >= 15 is 0 Å². The lowest BCUT2D eigenvalue weighted by molar-refractivity contribution is 0.0677. The van der Waals surface area contributed by atoms with Crippen molar-refractivity contribution in [1.29, 1.82) is 0 Å². The average molecular weight is 195 g/mol. The van der Waals surface area contributed by atoms with E-state index in [9.17, 15) is 5.11 Å². The maximum atomic E-state index is 9.50. The molecule has 0 spiro atoms. The van der Waals surface area contributed by atoms with E-state index in [2.05, 4.69) is 0 Å². The Labute approximate surface area is 82.2 Å². The van der Waals surface area contributed by atoms with Crippen LogP contribution in [0.25, 0.3) is 0 Å². The van der Waals surface area contributed by atoms with Crippen molar-refractivity contribution in [1.82, 2.24) is 0 Å². The molecule has 0 bridgehead atoms. The fourth-order valence-corrected chi connectivity index (χ4v) is 1.53. The van der Waals surface area contributed by atoms with Gasteiger partial charge in [-0.15, -0.1) is 0 Å². The first-order valence-corrected chi connectivity index (χ1v) is 4.46. The van der Waals surface area contributed by atoms with Gasteiger partial charge in [0, 0.05) is 5.56 Å². The molecule has 0 aliphatic carbocycles. The molecular weight excluding hydrogens is 182 g/mol. The third-order valence-electron chi connectivity index (χ3n) is 2.40. The lowest BCUT2D eigenvalue weighted by atomic mass is 9.99. The second-order valence-electron chi connectivity index (χ2n) is 3.31. The van der Waals surface area contributed by atoms with E-state index in [0.29, 0.717) is 0 Å². The minimum Gasteiger partial charge on any atom is -0.497 e. The van der Waals surface area contributed by atoms with Gasteiger partial charge in [-0.05, 0) is 18.2 Å². The molecule has 3 N–H and O–H groups in total. The quantitative estimate of drug-likeness (QED) is 0.682. The highest BCUT2D eigenvalue weighted by atomic mass is 16.5. The van der Waals surface area contributed by atoms with Gasteiger partial charge >= 0.3 is 0 Å². The Morgan fingerprint density at radius 3 is 3.07 bits per heavy atom. The van der Waals surface area contributed by atoms with E-state index in [-0.39, 0.29) is 6.61 Å². The Morgan fingerprint density at radius 2 is 2.36 bits per heavy atom. The van der Waals surface area contributed by atoms with Crippen molar-refractivity contribution < 1.29 is 14.6 Å². The molecule has 1 aliphatic heterocycles. The smallest absolute Gasteiger partial charge is 0.124 e. The second-order valence-corrected chi connectivity index (χ2v) is 3.31. The van der Waals surface area contributed by atoms with Gasteiger partial charge in [0.25, 0.3) is 0 Å². The first-order valence-electron chi connectivity index (χ1n) is 4.46. The Bertz CT molecular complexity index is 340. The predicted molar refractivity (Wildman–Crippen MR) is 51.4 cm³/mol. The maximum absolute atomic E-state index is 9.50. The van der Waals surface area contributed by atoms with Crippen LogP contribution in [-0.4, -0.2) is 24.9 Å². The Kier molecular flexibility index (Phi) is 2.31. The van der Waals surface area contributed by atoms with Crippen molar-refractivity contribution in [2.45, 2.75) is 12.1 Å². The Balaban J connectivity index is 2.41. The molecule has 1 heterocycles. The Morgan fingerprint density at radius 1 is 1.57 bits per heavy atom. The number of hydrogen-bond donors (Lipinski definition) is 2. The van der Waals surface area contributed by atoms with Crippen LogP contribution in [0.1, 0.15) is 11.6 Å². The van der Waals surface area contributed by atoms with Gasteiger partial charge in [-0.2, -0.15) is 0 Å². The van der Waals surface area contributed by atoms with Crippen molar-refractivity contribution in [2.24, 2.45) is 5.73 Å². The van der Waals surface area contributed by atoms with Crippen LogP contribution in [-0.2, 0) is 0 Å². The summed E-state index contributed by atoms with van der Waals surface area (Å²) >= 11 is 0. The van der Waals surface area contributed by atoms with E-state index in [1.807, 2.05) is 6.07 Å². The van der Waals surface area contributed by atoms with Gasteiger partial charge < -0.3 is 20.3 Å². The number of hydrogen-bond acceptors (Lipinski definition) is 4. The summed E-state index contributed by atoms with van der Waals surface area (Å²) < 4.78 is 10.4. The first-order chi connectivity index (χ1) is 6.72. The summed E-state index contributed by atoms with van der Waals surface area (Å²) in [4.78, 5) is 0. The minimum atomic E-state index is -0.644. The SMILES string of the molecule is COc1ccc2c(c1)[C@H](N)[C@H](O)CO2. The maximum Gasteiger partial charge on any atom is 0.124 e. The molecule has 1 aliphatic rings. The van der Waals surface area contributed by atoms with Crippen molar-refractivity contribution in [3.63, 3.8) is 0 Å². The number of aliphatic hydroxyl groups is 1. The molecule has 0 amide bonds. The van der Waals surface area contributed by atoms with Gasteiger partial charge in [-0.1, -0.05) is 0 Å². The van der Waals surface area contributed by atoms with Gasteiger partial charge in [0.1, 0.15) is 24.2 Å². The molecular formula is C10H13NO3. The number of benzene rings is 1. The molecule has 0 aromatic heterocycles. The zero-order valence-electron chi connectivity index (χ0n) is 7.93. The van der Waals surface area contributed by atoms with E-state index in [1.165, 1.54) is 0 Å². The predicted octanol–water partition coefficient (Wildman–Crippen LogP) is 0.448. The zero-order chi connectivity index (χ0) is 10.1. The van der Waals surface area contributed by atoms with E-state index < -0.39 is 12.1 Å². The summed E-state index contributed by atoms with van der Waals surface area (Å²) in [6.07, 6.45) is -0.644. The molecule has 1 aromatic carbocycles. The van der Waals surface area contributed by atoms with Crippen LogP contribution in [0.2, 0.25) is 0 Å². The molecule has 4 heteroatoms. The first kappa shape index (κ1) is 9.30. The molecule has 0 saturated heterocycles. The van der Waals surface area contributed by atoms with Crippen LogP contribution in [0.5, 0.6) is 11.5 Å². The van der Waals surface area contributed by atoms with Gasteiger partial charge in [0.2, 0.25) is 0 Å². The van der Waals surface area contributed by atoms with Gasteiger partial charge in [0.05, 0.1) is 13.2 Å². The average Bonchev–Trinajstić information content (AvgIpc) is 2.23. The highest BCUT2D eigenvalue weighted by Gasteiger charge is 2.26. The fourth-order valence-electron chi connectivity index (χ4n) is 1.53. The summed E-state index contributed by atoms with van der Waals surface area (Å²) in [7, 11) is 1.59. The number of methoxy groups -OCH3 is 1. The number of rotatable bonds is 1. The molecule has 76 valence electrons. The largest absolute Gasteiger partial charge is 0.497 e. The highest BCUT2D eigenvalue weighted by Crippen LogP contribution is 2.33. The van der Waals surface area contributed by atoms with E-state index in [4.69, 9.17) is 15.2 Å².